The van der Waals surface area contributed by atoms with E-state index in [9.17, 15) is 4.39 Å². The molecule has 0 spiro atoms. The minimum atomic E-state index is -0.577. The average Bonchev–Trinajstić information content (AvgIpc) is 3.22. The summed E-state index contributed by atoms with van der Waals surface area (Å²) in [5.41, 5.74) is 5.19. The number of anilines is 1. The molecule has 1 N–H and O–H groups in total. The molecule has 6 heterocycles. The lowest BCUT2D eigenvalue weighted by Gasteiger charge is -2.23. The molecule has 0 saturated heterocycles. The first kappa shape index (κ1) is 19.6. The Morgan fingerprint density at radius 1 is 1.09 bits per heavy atom. The Morgan fingerprint density at radius 3 is 2.91 bits per heavy atom. The zero-order chi connectivity index (χ0) is 22.2. The lowest BCUT2D eigenvalue weighted by atomic mass is 10.1. The third kappa shape index (κ3) is 3.95. The lowest BCUT2D eigenvalue weighted by molar-refractivity contribution is 0.525. The van der Waals surface area contributed by atoms with Crippen molar-refractivity contribution in [3.63, 3.8) is 0 Å². The highest BCUT2D eigenvalue weighted by atomic mass is 19.1. The maximum Gasteiger partial charge on any atom is 0.318 e. The van der Waals surface area contributed by atoms with Crippen LogP contribution in [0.25, 0.3) is 17.1 Å². The molecule has 7 rings (SSSR count). The third-order valence-electron chi connectivity index (χ3n) is 5.88. The van der Waals surface area contributed by atoms with Crippen molar-refractivity contribution < 1.29 is 8.81 Å². The Morgan fingerprint density at radius 2 is 2.03 bits per heavy atom. The quantitative estimate of drug-likeness (QED) is 0.423. The molecule has 0 bridgehead atoms. The Bertz CT molecular complexity index is 1400. The van der Waals surface area contributed by atoms with Crippen molar-refractivity contribution >= 4 is 11.5 Å². The second-order valence-electron chi connectivity index (χ2n) is 8.13. The van der Waals surface area contributed by atoms with Crippen LogP contribution in [0.3, 0.4) is 0 Å². The molecule has 10 heteroatoms. The van der Waals surface area contributed by atoms with E-state index >= 15 is 0 Å². The van der Waals surface area contributed by atoms with E-state index in [1.54, 1.807) is 18.5 Å². The van der Waals surface area contributed by atoms with Gasteiger partial charge in [-0.2, -0.15) is 9.49 Å². The number of aromatic amines is 1. The Labute approximate surface area is 188 Å². The zero-order valence-electron chi connectivity index (χ0n) is 17.7. The van der Waals surface area contributed by atoms with Gasteiger partial charge in [0.15, 0.2) is 0 Å². The van der Waals surface area contributed by atoms with Gasteiger partial charge in [-0.05, 0) is 48.6 Å². The molecule has 0 radical (unpaired) electrons. The number of H-pyrrole nitrogens is 1. The number of nitrogens with zero attached hydrogens (tertiary/aromatic N) is 7. The first-order chi connectivity index (χ1) is 16.2. The van der Waals surface area contributed by atoms with Crippen LogP contribution in [0.15, 0.2) is 59.5 Å². The molecule has 0 aromatic carbocycles. The van der Waals surface area contributed by atoms with Crippen LogP contribution in [-0.2, 0) is 13.0 Å². The third-order valence-corrected chi connectivity index (χ3v) is 5.88. The average molecular weight is 444 g/mol. The highest BCUT2D eigenvalue weighted by Gasteiger charge is 2.25. The van der Waals surface area contributed by atoms with Crippen molar-refractivity contribution in [3.8, 4) is 11.6 Å². The normalized spacial score (nSPS) is 15.2. The fourth-order valence-corrected chi connectivity index (χ4v) is 4.06. The summed E-state index contributed by atoms with van der Waals surface area (Å²) >= 11 is 0. The number of nitrogens with one attached hydrogen (secondary N) is 1. The fraction of sp³-hybridized carbons (Fsp3) is 0.261. The first-order valence-electron chi connectivity index (χ1n) is 10.9. The van der Waals surface area contributed by atoms with Crippen LogP contribution >= 0.6 is 0 Å². The van der Waals surface area contributed by atoms with Crippen LogP contribution in [0.2, 0.25) is 0 Å². The summed E-state index contributed by atoms with van der Waals surface area (Å²) in [5.74, 6) is 0.442. The molecular formula is C23H21FN8O. The molecule has 0 atom stereocenters. The number of imidazole rings is 1. The van der Waals surface area contributed by atoms with E-state index in [0.717, 1.165) is 30.3 Å². The Hall–Kier alpha value is -4.08. The van der Waals surface area contributed by atoms with E-state index in [-0.39, 0.29) is 5.89 Å². The van der Waals surface area contributed by atoms with Crippen molar-refractivity contribution in [2.75, 3.05) is 11.4 Å². The van der Waals surface area contributed by atoms with Gasteiger partial charge in [-0.15, -0.1) is 5.10 Å². The molecule has 1 saturated carbocycles. The van der Waals surface area contributed by atoms with Gasteiger partial charge in [-0.3, -0.25) is 0 Å². The van der Waals surface area contributed by atoms with Crippen LogP contribution in [-0.4, -0.2) is 41.3 Å². The van der Waals surface area contributed by atoms with Crippen LogP contribution in [0.5, 0.6) is 0 Å². The predicted octanol–water partition coefficient (Wildman–Crippen LogP) is 3.77. The standard InChI is InChI=1S/C13H11FN6O.C10H10N2/c14-11-3-1-2-9(17-11)12-18-19-13(21-12)20-5-4-8-10(6-20)16-7-15-8;1-2-9(8-3-4-8)10-5-6-11-12(10)7-1/h1-3,7H,4-6H2,(H,15,16);1-2,5-8H,3-4H2. The van der Waals surface area contributed by atoms with Crippen molar-refractivity contribution in [1.29, 1.82) is 0 Å². The Kier molecular flexibility index (Phi) is 4.82. The molecule has 9 nitrogen and oxygen atoms in total. The van der Waals surface area contributed by atoms with Gasteiger partial charge in [0.05, 0.1) is 29.8 Å². The summed E-state index contributed by atoms with van der Waals surface area (Å²) in [6.45, 7) is 1.38. The number of pyridine rings is 2. The number of fused-ring (bicyclic) bond motifs is 2. The van der Waals surface area contributed by atoms with E-state index < -0.39 is 5.95 Å². The van der Waals surface area contributed by atoms with Gasteiger partial charge in [0.1, 0.15) is 5.69 Å². The monoisotopic (exact) mass is 444 g/mol. The lowest BCUT2D eigenvalue weighted by Crippen LogP contribution is -2.30. The summed E-state index contributed by atoms with van der Waals surface area (Å²) in [4.78, 5) is 13.0. The summed E-state index contributed by atoms with van der Waals surface area (Å²) < 4.78 is 20.7. The number of rotatable bonds is 3. The number of hydrogen-bond acceptors (Lipinski definition) is 7. The maximum absolute atomic E-state index is 13.1. The fourth-order valence-electron chi connectivity index (χ4n) is 4.06. The molecule has 0 unspecified atom stereocenters. The van der Waals surface area contributed by atoms with E-state index in [2.05, 4.69) is 48.4 Å². The molecule has 166 valence electrons. The topological polar surface area (TPSA) is 101 Å². The molecule has 5 aromatic rings. The van der Waals surface area contributed by atoms with Crippen LogP contribution in [0.4, 0.5) is 10.4 Å². The van der Waals surface area contributed by atoms with Crippen molar-refractivity contribution in [1.82, 2.24) is 34.8 Å². The number of aromatic nitrogens is 7. The Balaban J connectivity index is 0.000000145. The minimum Gasteiger partial charge on any atom is -0.402 e. The molecule has 5 aromatic heterocycles. The minimum absolute atomic E-state index is 0.208. The summed E-state index contributed by atoms with van der Waals surface area (Å²) in [7, 11) is 0. The van der Waals surface area contributed by atoms with Gasteiger partial charge in [0.25, 0.3) is 5.89 Å². The number of hydrogen-bond donors (Lipinski definition) is 1. The SMILES string of the molecule is Fc1cccc(-c2nnc(N3CCc4nc[nH]c4C3)o2)n1.c1cc(C2CC2)c2ccnn2c1. The van der Waals surface area contributed by atoms with Crippen LogP contribution in [0.1, 0.15) is 35.7 Å². The van der Waals surface area contributed by atoms with Crippen LogP contribution < -0.4 is 4.90 Å². The largest absolute Gasteiger partial charge is 0.402 e. The van der Waals surface area contributed by atoms with Crippen LogP contribution in [0, 0.1) is 5.95 Å². The highest BCUT2D eigenvalue weighted by molar-refractivity contribution is 5.56. The van der Waals surface area contributed by atoms with Gasteiger partial charge in [0.2, 0.25) is 5.95 Å². The highest BCUT2D eigenvalue weighted by Crippen LogP contribution is 2.41. The maximum atomic E-state index is 13.1. The van der Waals surface area contributed by atoms with Gasteiger partial charge in [0, 0.05) is 25.4 Å². The second-order valence-corrected chi connectivity index (χ2v) is 8.13. The smallest absolute Gasteiger partial charge is 0.318 e. The van der Waals surface area contributed by atoms with Gasteiger partial charge < -0.3 is 14.3 Å². The molecule has 0 amide bonds. The summed E-state index contributed by atoms with van der Waals surface area (Å²) in [6.07, 6.45) is 9.07. The van der Waals surface area contributed by atoms with E-state index in [1.165, 1.54) is 30.0 Å². The summed E-state index contributed by atoms with van der Waals surface area (Å²) in [5, 5.41) is 12.2. The number of halogens is 1. The van der Waals surface area contributed by atoms with E-state index in [0.29, 0.717) is 18.3 Å². The molecule has 1 aliphatic carbocycles. The van der Waals surface area contributed by atoms with Crippen molar-refractivity contribution in [2.24, 2.45) is 0 Å². The molecule has 33 heavy (non-hydrogen) atoms. The predicted molar refractivity (Wildman–Crippen MR) is 118 cm³/mol. The molecular weight excluding hydrogens is 423 g/mol. The van der Waals surface area contributed by atoms with E-state index in [1.807, 2.05) is 21.8 Å². The van der Waals surface area contributed by atoms with Gasteiger partial charge in [-0.25, -0.2) is 14.5 Å². The summed E-state index contributed by atoms with van der Waals surface area (Å²) in [6, 6.07) is 11.2. The molecule has 1 aliphatic heterocycles. The van der Waals surface area contributed by atoms with Crippen molar-refractivity contribution in [2.45, 2.75) is 31.7 Å². The van der Waals surface area contributed by atoms with E-state index in [4.69, 9.17) is 4.42 Å². The molecule has 1 fully saturated rings. The first-order valence-corrected chi connectivity index (χ1v) is 10.9. The van der Waals surface area contributed by atoms with Gasteiger partial charge in [-0.1, -0.05) is 17.2 Å². The van der Waals surface area contributed by atoms with Gasteiger partial charge >= 0.3 is 6.01 Å². The van der Waals surface area contributed by atoms with Crippen molar-refractivity contribution in [3.05, 3.63) is 78.0 Å². The molecule has 2 aliphatic rings. The second kappa shape index (κ2) is 8.12. The zero-order valence-corrected chi connectivity index (χ0v) is 17.7.